The number of aliphatic hydroxyl groups excluding tert-OH is 1. The van der Waals surface area contributed by atoms with Crippen molar-refractivity contribution in [2.24, 2.45) is 5.92 Å². The zero-order valence-corrected chi connectivity index (χ0v) is 15.0. The molecule has 0 saturated heterocycles. The molecule has 5 nitrogen and oxygen atoms in total. The summed E-state index contributed by atoms with van der Waals surface area (Å²) in [5, 5.41) is 12.0. The van der Waals surface area contributed by atoms with E-state index in [0.29, 0.717) is 12.5 Å². The summed E-state index contributed by atoms with van der Waals surface area (Å²) in [6, 6.07) is 5.96. The summed E-state index contributed by atoms with van der Waals surface area (Å²) in [6.45, 7) is 0.939. The number of carbonyl (C=O) groups is 2. The molecule has 0 aromatic heterocycles. The Morgan fingerprint density at radius 2 is 2.12 bits per heavy atom. The van der Waals surface area contributed by atoms with Crippen molar-refractivity contribution in [3.8, 4) is 0 Å². The highest BCUT2D eigenvalue weighted by Crippen LogP contribution is 2.52. The molecule has 1 spiro atoms. The standard InChI is InChI=1S/C18H21BrN2O3/c19-12-1-2-14-15(7-12)18(3-4-18)10-21(17(14)24)8-16(23)20-13-5-11(6-13)9-22/h1-2,7,11,13,22H,3-6,8-10H2,(H,20,23). The summed E-state index contributed by atoms with van der Waals surface area (Å²) in [5.74, 6) is 0.167. The first kappa shape index (κ1) is 16.1. The molecule has 3 aliphatic rings. The van der Waals surface area contributed by atoms with Crippen LogP contribution in [0.3, 0.4) is 0 Å². The molecule has 2 N–H and O–H groups in total. The van der Waals surface area contributed by atoms with Crippen LogP contribution in [0, 0.1) is 5.92 Å². The zero-order valence-electron chi connectivity index (χ0n) is 13.4. The van der Waals surface area contributed by atoms with E-state index in [1.807, 2.05) is 12.1 Å². The molecule has 2 amide bonds. The van der Waals surface area contributed by atoms with E-state index in [1.54, 1.807) is 4.90 Å². The first-order valence-electron chi connectivity index (χ1n) is 8.50. The number of carbonyl (C=O) groups excluding carboxylic acids is 2. The summed E-state index contributed by atoms with van der Waals surface area (Å²) < 4.78 is 0.995. The summed E-state index contributed by atoms with van der Waals surface area (Å²) in [6.07, 6.45) is 3.80. The van der Waals surface area contributed by atoms with Gasteiger partial charge in [-0.2, -0.15) is 0 Å². The van der Waals surface area contributed by atoms with Crippen LogP contribution in [-0.2, 0) is 10.2 Å². The van der Waals surface area contributed by atoms with Crippen molar-refractivity contribution in [3.05, 3.63) is 33.8 Å². The van der Waals surface area contributed by atoms with E-state index in [2.05, 4.69) is 27.3 Å². The van der Waals surface area contributed by atoms with Crippen LogP contribution in [0.25, 0.3) is 0 Å². The van der Waals surface area contributed by atoms with Gasteiger partial charge in [0.15, 0.2) is 0 Å². The summed E-state index contributed by atoms with van der Waals surface area (Å²) in [7, 11) is 0. The number of nitrogens with zero attached hydrogens (tertiary/aromatic N) is 1. The van der Waals surface area contributed by atoms with E-state index in [1.165, 1.54) is 0 Å². The first-order valence-corrected chi connectivity index (χ1v) is 9.29. The molecule has 1 aromatic rings. The minimum Gasteiger partial charge on any atom is -0.396 e. The van der Waals surface area contributed by atoms with Crippen LogP contribution >= 0.6 is 15.9 Å². The Morgan fingerprint density at radius 1 is 1.38 bits per heavy atom. The van der Waals surface area contributed by atoms with E-state index < -0.39 is 0 Å². The number of aliphatic hydroxyl groups is 1. The molecule has 0 atom stereocenters. The number of rotatable bonds is 4. The first-order chi connectivity index (χ1) is 11.5. The second-order valence-corrected chi connectivity index (χ2v) is 8.33. The van der Waals surface area contributed by atoms with Gasteiger partial charge >= 0.3 is 0 Å². The highest BCUT2D eigenvalue weighted by atomic mass is 79.9. The number of hydrogen-bond donors (Lipinski definition) is 2. The smallest absolute Gasteiger partial charge is 0.254 e. The highest BCUT2D eigenvalue weighted by Gasteiger charge is 2.51. The Morgan fingerprint density at radius 3 is 2.79 bits per heavy atom. The Labute approximate surface area is 149 Å². The van der Waals surface area contributed by atoms with Gasteiger partial charge in [-0.05, 0) is 55.4 Å². The average molecular weight is 393 g/mol. The van der Waals surface area contributed by atoms with E-state index in [4.69, 9.17) is 5.11 Å². The fourth-order valence-corrected chi connectivity index (χ4v) is 4.35. The SMILES string of the molecule is O=C(CN1CC2(CC2)c2cc(Br)ccc2C1=O)NC1CC(CO)C1. The van der Waals surface area contributed by atoms with Gasteiger partial charge < -0.3 is 15.3 Å². The van der Waals surface area contributed by atoms with E-state index in [-0.39, 0.29) is 36.4 Å². The van der Waals surface area contributed by atoms with E-state index in [0.717, 1.165) is 41.3 Å². The van der Waals surface area contributed by atoms with Gasteiger partial charge in [0, 0.05) is 34.6 Å². The van der Waals surface area contributed by atoms with Crippen LogP contribution in [-0.4, -0.2) is 47.6 Å². The fraction of sp³-hybridized carbons (Fsp3) is 0.556. The summed E-state index contributed by atoms with van der Waals surface area (Å²) in [4.78, 5) is 26.7. The Balaban J connectivity index is 1.44. The predicted molar refractivity (Wildman–Crippen MR) is 92.7 cm³/mol. The monoisotopic (exact) mass is 392 g/mol. The quantitative estimate of drug-likeness (QED) is 0.820. The second kappa shape index (κ2) is 5.85. The zero-order chi connectivity index (χ0) is 16.9. The maximum absolute atomic E-state index is 12.7. The van der Waals surface area contributed by atoms with Crippen molar-refractivity contribution in [1.82, 2.24) is 10.2 Å². The molecular formula is C18H21BrN2O3. The Hall–Kier alpha value is -1.40. The maximum atomic E-state index is 12.7. The number of benzene rings is 1. The van der Waals surface area contributed by atoms with Crippen LogP contribution in [0.15, 0.2) is 22.7 Å². The van der Waals surface area contributed by atoms with Gasteiger partial charge in [0.05, 0.1) is 6.54 Å². The molecule has 24 heavy (non-hydrogen) atoms. The molecule has 4 rings (SSSR count). The number of hydrogen-bond acceptors (Lipinski definition) is 3. The van der Waals surface area contributed by atoms with E-state index >= 15 is 0 Å². The van der Waals surface area contributed by atoms with Gasteiger partial charge in [-0.25, -0.2) is 0 Å². The van der Waals surface area contributed by atoms with Gasteiger partial charge in [0.25, 0.3) is 5.91 Å². The van der Waals surface area contributed by atoms with Gasteiger partial charge in [0.1, 0.15) is 0 Å². The van der Waals surface area contributed by atoms with Crippen molar-refractivity contribution in [1.29, 1.82) is 0 Å². The summed E-state index contributed by atoms with van der Waals surface area (Å²) in [5.41, 5.74) is 1.91. The fourth-order valence-electron chi connectivity index (χ4n) is 3.99. The molecule has 2 saturated carbocycles. The van der Waals surface area contributed by atoms with Crippen molar-refractivity contribution in [2.75, 3.05) is 19.7 Å². The molecule has 1 aromatic carbocycles. The summed E-state index contributed by atoms with van der Waals surface area (Å²) >= 11 is 3.49. The highest BCUT2D eigenvalue weighted by molar-refractivity contribution is 9.10. The van der Waals surface area contributed by atoms with Crippen molar-refractivity contribution < 1.29 is 14.7 Å². The maximum Gasteiger partial charge on any atom is 0.254 e. The molecule has 0 unspecified atom stereocenters. The van der Waals surface area contributed by atoms with Crippen molar-refractivity contribution in [3.63, 3.8) is 0 Å². The van der Waals surface area contributed by atoms with Gasteiger partial charge in [-0.15, -0.1) is 0 Å². The minimum absolute atomic E-state index is 0.0474. The van der Waals surface area contributed by atoms with Crippen molar-refractivity contribution in [2.45, 2.75) is 37.1 Å². The average Bonchev–Trinajstić information content (AvgIpc) is 3.28. The molecule has 6 heteroatoms. The molecular weight excluding hydrogens is 372 g/mol. The van der Waals surface area contributed by atoms with Crippen LogP contribution in [0.4, 0.5) is 0 Å². The minimum atomic E-state index is -0.0962. The molecule has 0 bridgehead atoms. The molecule has 128 valence electrons. The lowest BCUT2D eigenvalue weighted by molar-refractivity contribution is -0.123. The lowest BCUT2D eigenvalue weighted by Gasteiger charge is -2.37. The Kier molecular flexibility index (Phi) is 3.92. The lowest BCUT2D eigenvalue weighted by Crippen LogP contribution is -2.52. The third-order valence-corrected chi connectivity index (χ3v) is 6.10. The van der Waals surface area contributed by atoms with Crippen LogP contribution in [0.2, 0.25) is 0 Å². The molecule has 2 aliphatic carbocycles. The number of nitrogens with one attached hydrogen (secondary N) is 1. The van der Waals surface area contributed by atoms with Gasteiger partial charge in [-0.1, -0.05) is 15.9 Å². The van der Waals surface area contributed by atoms with Gasteiger partial charge in [-0.3, -0.25) is 9.59 Å². The topological polar surface area (TPSA) is 69.6 Å². The molecule has 1 heterocycles. The molecule has 0 radical (unpaired) electrons. The molecule has 1 aliphatic heterocycles. The van der Waals surface area contributed by atoms with Gasteiger partial charge in [0.2, 0.25) is 5.91 Å². The van der Waals surface area contributed by atoms with Crippen LogP contribution in [0.1, 0.15) is 41.6 Å². The number of fused-ring (bicyclic) bond motifs is 2. The molecule has 2 fully saturated rings. The van der Waals surface area contributed by atoms with Crippen molar-refractivity contribution >= 4 is 27.7 Å². The second-order valence-electron chi connectivity index (χ2n) is 7.42. The van der Waals surface area contributed by atoms with Crippen LogP contribution in [0.5, 0.6) is 0 Å². The number of halogens is 1. The third-order valence-electron chi connectivity index (χ3n) is 5.61. The van der Waals surface area contributed by atoms with E-state index in [9.17, 15) is 9.59 Å². The largest absolute Gasteiger partial charge is 0.396 e. The predicted octanol–water partition coefficient (Wildman–Crippen LogP) is 1.82. The number of amides is 2. The normalized spacial score (nSPS) is 26.8. The third kappa shape index (κ3) is 2.75. The van der Waals surface area contributed by atoms with Crippen LogP contribution < -0.4 is 5.32 Å². The Bertz CT molecular complexity index is 696. The lowest BCUT2D eigenvalue weighted by atomic mass is 9.81.